The van der Waals surface area contributed by atoms with E-state index in [1.807, 2.05) is 13.0 Å². The molecule has 210 valence electrons. The molecule has 5 rings (SSSR count). The van der Waals surface area contributed by atoms with E-state index in [2.05, 4.69) is 79.7 Å². The van der Waals surface area contributed by atoms with Crippen molar-refractivity contribution in [2.75, 3.05) is 6.61 Å². The largest absolute Gasteiger partial charge is 0.494 e. The first kappa shape index (κ1) is 28.7. The molecule has 1 aromatic carbocycles. The fourth-order valence-corrected chi connectivity index (χ4v) is 5.75. The highest BCUT2D eigenvalue weighted by Crippen LogP contribution is 2.40. The zero-order valence-electron chi connectivity index (χ0n) is 25.2. The Morgan fingerprint density at radius 1 is 0.897 bits per heavy atom. The molecule has 0 saturated carbocycles. The van der Waals surface area contributed by atoms with Gasteiger partial charge in [0.1, 0.15) is 11.2 Å². The predicted molar refractivity (Wildman–Crippen MR) is 156 cm³/mol. The van der Waals surface area contributed by atoms with Crippen LogP contribution in [0.3, 0.4) is 0 Å². The van der Waals surface area contributed by atoms with Crippen LogP contribution in [-0.4, -0.2) is 43.2 Å². The van der Waals surface area contributed by atoms with Gasteiger partial charge in [0.15, 0.2) is 0 Å². The van der Waals surface area contributed by atoms with Gasteiger partial charge in [-0.2, -0.15) is 0 Å². The Morgan fingerprint density at radius 2 is 1.62 bits per heavy atom. The average Bonchev–Trinajstić information content (AvgIpc) is 3.42. The summed E-state index contributed by atoms with van der Waals surface area (Å²) in [7, 11) is -0.670. The quantitative estimate of drug-likeness (QED) is 0.546. The van der Waals surface area contributed by atoms with Crippen LogP contribution >= 0.6 is 0 Å². The highest BCUT2D eigenvalue weighted by Gasteiger charge is 2.53. The molecular formula is C31H44B2O6. The summed E-state index contributed by atoms with van der Waals surface area (Å²) in [6.07, 6.45) is 7.31. The summed E-state index contributed by atoms with van der Waals surface area (Å²) in [6.45, 7) is 20.0. The van der Waals surface area contributed by atoms with E-state index in [4.69, 9.17) is 27.8 Å². The normalized spacial score (nSPS) is 26.8. The summed E-state index contributed by atoms with van der Waals surface area (Å²) in [5.41, 5.74) is 4.09. The van der Waals surface area contributed by atoms with Gasteiger partial charge in [-0.1, -0.05) is 31.2 Å². The van der Waals surface area contributed by atoms with Crippen LogP contribution in [0, 0.1) is 0 Å². The first-order valence-corrected chi connectivity index (χ1v) is 14.5. The van der Waals surface area contributed by atoms with Crippen molar-refractivity contribution in [3.8, 4) is 0 Å². The standard InChI is InChI=1S/C31H44B2O6/c1-10-26-24(14-16-32-36-28(3,4)29(5,6)37-32)25-15-17-34-20-22-18-23(13-12-21(22)19-27(25)35-26)33-38-30(7,8)31(9,11-2)39-33/h10,12-14,18H,11,15-17,19-20H2,1-9H3/b24-14-,26-10+. The molecule has 0 spiro atoms. The number of ether oxygens (including phenoxy) is 1. The summed E-state index contributed by atoms with van der Waals surface area (Å²) in [5.74, 6) is 0.996. The molecule has 4 heterocycles. The van der Waals surface area contributed by atoms with Crippen molar-refractivity contribution in [1.29, 1.82) is 0 Å². The minimum Gasteiger partial charge on any atom is -0.461 e. The predicted octanol–water partition coefficient (Wildman–Crippen LogP) is 4.31. The van der Waals surface area contributed by atoms with Crippen LogP contribution in [0.2, 0.25) is 6.32 Å². The molecule has 1 unspecified atom stereocenters. The van der Waals surface area contributed by atoms with Crippen LogP contribution in [0.1, 0.15) is 91.2 Å². The Bertz CT molecular complexity index is 1330. The smallest absolute Gasteiger partial charge is 0.461 e. The van der Waals surface area contributed by atoms with Crippen molar-refractivity contribution in [1.82, 2.24) is 0 Å². The summed E-state index contributed by atoms with van der Waals surface area (Å²) in [6, 6.07) is 6.49. The summed E-state index contributed by atoms with van der Waals surface area (Å²) < 4.78 is 38.0. The van der Waals surface area contributed by atoms with E-state index < -0.39 is 0 Å². The molecule has 3 aliphatic heterocycles. The fraction of sp³-hybridized carbons (Fsp3) is 0.613. The van der Waals surface area contributed by atoms with Crippen molar-refractivity contribution in [2.24, 2.45) is 0 Å². The average molecular weight is 534 g/mol. The van der Waals surface area contributed by atoms with Gasteiger partial charge in [-0.3, -0.25) is 0 Å². The molecule has 1 atom stereocenters. The Balaban J connectivity index is 1.43. The minimum atomic E-state index is -0.389. The van der Waals surface area contributed by atoms with Crippen molar-refractivity contribution in [2.45, 2.75) is 117 Å². The molecule has 0 bridgehead atoms. The SMILES string of the molecule is C/C=c1/oc2c(/c1=C/CB1OC(C)(C)C(C)(C)O1)CCOCc1cc(B3OC(C)(C)C(C)(CC)O3)ccc1C2. The third-order valence-corrected chi connectivity index (χ3v) is 9.56. The van der Waals surface area contributed by atoms with Gasteiger partial charge in [0.25, 0.3) is 0 Å². The van der Waals surface area contributed by atoms with Crippen molar-refractivity contribution in [3.05, 3.63) is 51.3 Å². The topological polar surface area (TPSA) is 59.3 Å². The zero-order valence-corrected chi connectivity index (χ0v) is 25.2. The molecule has 8 heteroatoms. The van der Waals surface area contributed by atoms with E-state index in [-0.39, 0.29) is 36.6 Å². The maximum absolute atomic E-state index is 6.46. The Hall–Kier alpha value is -1.83. The Kier molecular flexibility index (Phi) is 7.52. The first-order chi connectivity index (χ1) is 18.3. The van der Waals surface area contributed by atoms with Crippen LogP contribution in [-0.2, 0) is 42.8 Å². The van der Waals surface area contributed by atoms with E-state index in [1.54, 1.807) is 0 Å². The van der Waals surface area contributed by atoms with Gasteiger partial charge >= 0.3 is 14.2 Å². The maximum atomic E-state index is 6.46. The zero-order chi connectivity index (χ0) is 28.2. The van der Waals surface area contributed by atoms with Crippen LogP contribution in [0.25, 0.3) is 12.2 Å². The highest BCUT2D eigenvalue weighted by atomic mass is 16.7. The van der Waals surface area contributed by atoms with Gasteiger partial charge in [0, 0.05) is 23.5 Å². The van der Waals surface area contributed by atoms with Crippen LogP contribution in [0.4, 0.5) is 0 Å². The van der Waals surface area contributed by atoms with E-state index in [0.29, 0.717) is 26.0 Å². The number of rotatable bonds is 4. The molecule has 2 saturated heterocycles. The summed E-state index contributed by atoms with van der Waals surface area (Å²) >= 11 is 0. The first-order valence-electron chi connectivity index (χ1n) is 14.5. The Morgan fingerprint density at radius 3 is 2.26 bits per heavy atom. The molecule has 3 aliphatic rings. The molecule has 0 radical (unpaired) electrons. The second kappa shape index (κ2) is 10.2. The monoisotopic (exact) mass is 534 g/mol. The van der Waals surface area contributed by atoms with Crippen molar-refractivity contribution < 1.29 is 27.8 Å². The lowest BCUT2D eigenvalue weighted by Gasteiger charge is -2.35. The molecule has 2 fully saturated rings. The van der Waals surface area contributed by atoms with Gasteiger partial charge in [0.05, 0.1) is 35.6 Å². The maximum Gasteiger partial charge on any atom is 0.494 e. The molecule has 39 heavy (non-hydrogen) atoms. The highest BCUT2D eigenvalue weighted by molar-refractivity contribution is 6.62. The number of fused-ring (bicyclic) bond motifs is 2. The summed E-state index contributed by atoms with van der Waals surface area (Å²) in [4.78, 5) is 0. The number of furan rings is 1. The van der Waals surface area contributed by atoms with Gasteiger partial charge in [0.2, 0.25) is 0 Å². The third-order valence-electron chi connectivity index (χ3n) is 9.56. The molecule has 0 N–H and O–H groups in total. The van der Waals surface area contributed by atoms with E-state index in [1.165, 1.54) is 11.1 Å². The second-order valence-corrected chi connectivity index (χ2v) is 12.9. The van der Waals surface area contributed by atoms with Gasteiger partial charge in [-0.15, -0.1) is 0 Å². The van der Waals surface area contributed by atoms with Gasteiger partial charge in [-0.05, 0) is 90.9 Å². The lowest BCUT2D eigenvalue weighted by molar-refractivity contribution is -0.0118. The van der Waals surface area contributed by atoms with Gasteiger partial charge in [-0.25, -0.2) is 0 Å². The van der Waals surface area contributed by atoms with Crippen molar-refractivity contribution >= 4 is 31.9 Å². The van der Waals surface area contributed by atoms with Gasteiger partial charge < -0.3 is 27.8 Å². The number of benzene rings is 1. The van der Waals surface area contributed by atoms with Crippen LogP contribution in [0.15, 0.2) is 22.6 Å². The lowest BCUT2D eigenvalue weighted by Crippen LogP contribution is -2.44. The fourth-order valence-electron chi connectivity index (χ4n) is 5.75. The van der Waals surface area contributed by atoms with Crippen LogP contribution in [0.5, 0.6) is 0 Å². The van der Waals surface area contributed by atoms with Crippen molar-refractivity contribution in [3.63, 3.8) is 0 Å². The number of hydrogen-bond acceptors (Lipinski definition) is 6. The number of hydrogen-bond donors (Lipinski definition) is 0. The molecule has 0 aliphatic carbocycles. The third kappa shape index (κ3) is 5.19. The summed E-state index contributed by atoms with van der Waals surface area (Å²) in [5, 5.41) is 1.12. The minimum absolute atomic E-state index is 0.281. The molecular weight excluding hydrogens is 490 g/mol. The molecule has 2 aromatic rings. The van der Waals surface area contributed by atoms with E-state index in [0.717, 1.165) is 40.3 Å². The van der Waals surface area contributed by atoms with E-state index >= 15 is 0 Å². The second-order valence-electron chi connectivity index (χ2n) is 12.9. The van der Waals surface area contributed by atoms with E-state index in [9.17, 15) is 0 Å². The molecule has 0 amide bonds. The Labute approximate surface area is 234 Å². The van der Waals surface area contributed by atoms with Crippen LogP contribution < -0.4 is 16.1 Å². The molecule has 1 aromatic heterocycles. The lowest BCUT2D eigenvalue weighted by atomic mass is 9.77. The molecule has 6 nitrogen and oxygen atoms in total.